The predicted molar refractivity (Wildman–Crippen MR) is 130 cm³/mol. The first-order valence-corrected chi connectivity index (χ1v) is 11.5. The number of hydrogen-bond donors (Lipinski definition) is 2. The molecule has 1 fully saturated rings. The Hall–Kier alpha value is -3.19. The Balaban J connectivity index is 1.23. The van der Waals surface area contributed by atoms with Crippen molar-refractivity contribution < 1.29 is 19.0 Å². The number of ether oxygens (including phenoxy) is 3. The molecule has 176 valence electrons. The molecule has 7 nitrogen and oxygen atoms in total. The Bertz CT molecular complexity index is 1090. The summed E-state index contributed by atoms with van der Waals surface area (Å²) in [4.78, 5) is 18.1. The summed E-state index contributed by atoms with van der Waals surface area (Å²) in [6.07, 6.45) is 4.97. The number of benzene rings is 2. The van der Waals surface area contributed by atoms with Crippen molar-refractivity contribution >= 4 is 16.8 Å². The van der Waals surface area contributed by atoms with E-state index in [1.807, 2.05) is 24.3 Å². The Morgan fingerprint density at radius 2 is 1.82 bits per heavy atom. The summed E-state index contributed by atoms with van der Waals surface area (Å²) in [6.45, 7) is 2.89. The van der Waals surface area contributed by atoms with Crippen molar-refractivity contribution in [3.8, 4) is 17.2 Å². The third-order valence-electron chi connectivity index (χ3n) is 6.50. The molecule has 1 saturated heterocycles. The second kappa shape index (κ2) is 10.6. The second-order valence-corrected chi connectivity index (χ2v) is 8.50. The summed E-state index contributed by atoms with van der Waals surface area (Å²) in [5.74, 6) is 2.87. The lowest BCUT2D eigenvalue weighted by molar-refractivity contribution is -0.122. The van der Waals surface area contributed by atoms with Gasteiger partial charge in [0.15, 0.2) is 11.5 Å². The number of nitrogens with one attached hydrogen (secondary N) is 2. The number of H-pyrrole nitrogens is 1. The number of aromatic amines is 1. The van der Waals surface area contributed by atoms with E-state index in [-0.39, 0.29) is 5.91 Å². The molecule has 0 atom stereocenters. The van der Waals surface area contributed by atoms with Crippen LogP contribution in [0, 0.1) is 0 Å². The highest BCUT2D eigenvalue weighted by atomic mass is 16.5. The first-order chi connectivity index (χ1) is 16.1. The van der Waals surface area contributed by atoms with Crippen molar-refractivity contribution in [2.24, 2.45) is 0 Å². The molecule has 0 spiro atoms. The summed E-state index contributed by atoms with van der Waals surface area (Å²) in [6, 6.07) is 12.0. The van der Waals surface area contributed by atoms with E-state index >= 15 is 0 Å². The van der Waals surface area contributed by atoms with Crippen LogP contribution in [0.3, 0.4) is 0 Å². The molecular formula is C26H33N3O4. The van der Waals surface area contributed by atoms with Crippen LogP contribution >= 0.6 is 0 Å². The Morgan fingerprint density at radius 1 is 1.03 bits per heavy atom. The van der Waals surface area contributed by atoms with E-state index in [9.17, 15) is 4.79 Å². The van der Waals surface area contributed by atoms with Crippen LogP contribution < -0.4 is 19.5 Å². The highest BCUT2D eigenvalue weighted by Crippen LogP contribution is 2.34. The van der Waals surface area contributed by atoms with Crippen molar-refractivity contribution in [2.75, 3.05) is 47.5 Å². The van der Waals surface area contributed by atoms with Crippen LogP contribution in [0.5, 0.6) is 17.2 Å². The zero-order valence-corrected chi connectivity index (χ0v) is 19.6. The number of piperidine rings is 1. The summed E-state index contributed by atoms with van der Waals surface area (Å²) < 4.78 is 16.0. The average Bonchev–Trinajstić information content (AvgIpc) is 3.27. The van der Waals surface area contributed by atoms with Gasteiger partial charge in [-0.05, 0) is 79.7 Å². The largest absolute Gasteiger partial charge is 0.497 e. The van der Waals surface area contributed by atoms with Gasteiger partial charge in [-0.2, -0.15) is 0 Å². The Kier molecular flexibility index (Phi) is 7.40. The summed E-state index contributed by atoms with van der Waals surface area (Å²) in [7, 11) is 4.95. The maximum absolute atomic E-state index is 12.5. The molecule has 7 heteroatoms. The van der Waals surface area contributed by atoms with Crippen molar-refractivity contribution in [2.45, 2.75) is 25.2 Å². The lowest BCUT2D eigenvalue weighted by Gasteiger charge is -2.31. The molecule has 0 bridgehead atoms. The number of methoxy groups -OCH3 is 3. The van der Waals surface area contributed by atoms with Crippen LogP contribution in [0.25, 0.3) is 10.9 Å². The van der Waals surface area contributed by atoms with E-state index in [0.717, 1.165) is 49.2 Å². The molecule has 33 heavy (non-hydrogen) atoms. The molecule has 1 aliphatic rings. The first kappa shape index (κ1) is 23.0. The quantitative estimate of drug-likeness (QED) is 0.519. The molecular weight excluding hydrogens is 418 g/mol. The molecule has 1 aromatic heterocycles. The van der Waals surface area contributed by atoms with Gasteiger partial charge in [-0.1, -0.05) is 6.07 Å². The Labute approximate surface area is 195 Å². The normalized spacial score (nSPS) is 14.9. The molecule has 1 amide bonds. The maximum Gasteiger partial charge on any atom is 0.234 e. The number of hydrogen-bond acceptors (Lipinski definition) is 5. The van der Waals surface area contributed by atoms with Gasteiger partial charge in [0.1, 0.15) is 5.75 Å². The number of nitrogens with zero attached hydrogens (tertiary/aromatic N) is 1. The number of carbonyl (C=O) groups excluding carboxylic acids is 1. The van der Waals surface area contributed by atoms with Gasteiger partial charge in [0.05, 0.1) is 27.9 Å². The third-order valence-corrected chi connectivity index (χ3v) is 6.50. The fraction of sp³-hybridized carbons (Fsp3) is 0.423. The predicted octanol–water partition coefficient (Wildman–Crippen LogP) is 3.73. The lowest BCUT2D eigenvalue weighted by Crippen LogP contribution is -2.41. The van der Waals surface area contributed by atoms with Gasteiger partial charge in [-0.3, -0.25) is 9.69 Å². The van der Waals surface area contributed by atoms with Gasteiger partial charge in [0, 0.05) is 23.6 Å². The van der Waals surface area contributed by atoms with Crippen LogP contribution in [-0.2, 0) is 11.2 Å². The van der Waals surface area contributed by atoms with Gasteiger partial charge in [0.2, 0.25) is 5.91 Å². The molecule has 0 unspecified atom stereocenters. The maximum atomic E-state index is 12.5. The van der Waals surface area contributed by atoms with E-state index < -0.39 is 0 Å². The molecule has 4 rings (SSSR count). The summed E-state index contributed by atoms with van der Waals surface area (Å²) in [5.41, 5.74) is 3.59. The fourth-order valence-corrected chi connectivity index (χ4v) is 4.63. The van der Waals surface area contributed by atoms with Gasteiger partial charge in [-0.15, -0.1) is 0 Å². The summed E-state index contributed by atoms with van der Waals surface area (Å²) >= 11 is 0. The van der Waals surface area contributed by atoms with E-state index in [2.05, 4.69) is 33.5 Å². The van der Waals surface area contributed by atoms with Crippen molar-refractivity contribution in [1.82, 2.24) is 15.2 Å². The minimum absolute atomic E-state index is 0.0748. The summed E-state index contributed by atoms with van der Waals surface area (Å²) in [5, 5.41) is 4.29. The van der Waals surface area contributed by atoms with Crippen molar-refractivity contribution in [3.05, 3.63) is 53.7 Å². The average molecular weight is 452 g/mol. The van der Waals surface area contributed by atoms with Crippen LogP contribution in [0.4, 0.5) is 0 Å². The molecule has 1 aliphatic heterocycles. The van der Waals surface area contributed by atoms with Crippen LogP contribution in [-0.4, -0.2) is 63.3 Å². The number of likely N-dealkylation sites (tertiary alicyclic amines) is 1. The number of rotatable bonds is 9. The topological polar surface area (TPSA) is 75.8 Å². The highest BCUT2D eigenvalue weighted by Gasteiger charge is 2.24. The van der Waals surface area contributed by atoms with Gasteiger partial charge < -0.3 is 24.5 Å². The minimum Gasteiger partial charge on any atom is -0.497 e. The molecule has 2 N–H and O–H groups in total. The van der Waals surface area contributed by atoms with Crippen LogP contribution in [0.2, 0.25) is 0 Å². The Morgan fingerprint density at radius 3 is 2.55 bits per heavy atom. The second-order valence-electron chi connectivity index (χ2n) is 8.50. The zero-order valence-electron chi connectivity index (χ0n) is 19.6. The number of fused-ring (bicyclic) bond motifs is 1. The fourth-order valence-electron chi connectivity index (χ4n) is 4.63. The molecule has 2 heterocycles. The van der Waals surface area contributed by atoms with E-state index in [1.54, 1.807) is 21.3 Å². The first-order valence-electron chi connectivity index (χ1n) is 11.5. The van der Waals surface area contributed by atoms with Crippen molar-refractivity contribution in [1.29, 1.82) is 0 Å². The highest BCUT2D eigenvalue weighted by molar-refractivity contribution is 5.85. The SMILES string of the molecule is COc1ccc2[nH]cc(C3CCN(CC(=O)NCCc4ccc(OC)c(OC)c4)CC3)c2c1. The number of aromatic nitrogens is 1. The molecule has 0 aliphatic carbocycles. The molecule has 0 radical (unpaired) electrons. The van der Waals surface area contributed by atoms with Crippen molar-refractivity contribution in [3.63, 3.8) is 0 Å². The monoisotopic (exact) mass is 451 g/mol. The molecule has 3 aromatic rings. The molecule has 2 aromatic carbocycles. The van der Waals surface area contributed by atoms with E-state index in [4.69, 9.17) is 14.2 Å². The smallest absolute Gasteiger partial charge is 0.234 e. The zero-order chi connectivity index (χ0) is 23.2. The van der Waals surface area contributed by atoms with Crippen LogP contribution in [0.1, 0.15) is 29.9 Å². The standard InChI is InChI=1S/C26H33N3O4/c1-31-20-5-6-23-21(15-20)22(16-28-23)19-9-12-29(13-10-19)17-26(30)27-11-8-18-4-7-24(32-2)25(14-18)33-3/h4-7,14-16,19,28H,8-13,17H2,1-3H3,(H,27,30). The van der Waals surface area contributed by atoms with Crippen LogP contribution in [0.15, 0.2) is 42.6 Å². The number of amides is 1. The lowest BCUT2D eigenvalue weighted by atomic mass is 9.89. The minimum atomic E-state index is 0.0748. The molecule has 0 saturated carbocycles. The van der Waals surface area contributed by atoms with E-state index in [0.29, 0.717) is 30.5 Å². The van der Waals surface area contributed by atoms with Gasteiger partial charge in [0.25, 0.3) is 0 Å². The number of carbonyl (C=O) groups is 1. The van der Waals surface area contributed by atoms with E-state index in [1.165, 1.54) is 10.9 Å². The van der Waals surface area contributed by atoms with Gasteiger partial charge in [-0.25, -0.2) is 0 Å². The third kappa shape index (κ3) is 5.42. The van der Waals surface area contributed by atoms with Gasteiger partial charge >= 0.3 is 0 Å².